The lowest BCUT2D eigenvalue weighted by Gasteiger charge is -2.34. The van der Waals surface area contributed by atoms with E-state index in [1.54, 1.807) is 30.6 Å². The van der Waals surface area contributed by atoms with Gasteiger partial charge in [-0.1, -0.05) is 54.1 Å². The molecule has 2 aromatic rings. The second-order valence-electron chi connectivity index (χ2n) is 9.02. The molecule has 0 radical (unpaired) electrons. The number of likely N-dealkylation sites (N-methyl/N-ethyl adjacent to an activating group) is 1. The number of nitrogens with zero attached hydrogens (tertiary/aromatic N) is 3. The van der Waals surface area contributed by atoms with Crippen LogP contribution in [0.2, 0.25) is 0 Å². The Morgan fingerprint density at radius 1 is 1.11 bits per heavy atom. The minimum Gasteiger partial charge on any atom is -0.343 e. The predicted molar refractivity (Wildman–Crippen MR) is 139 cm³/mol. The molecule has 35 heavy (non-hydrogen) atoms. The van der Waals surface area contributed by atoms with Crippen molar-refractivity contribution in [1.82, 2.24) is 25.1 Å². The standard InChI is InChI=1S/C24H32N6O3S2/c1-15(25-2)21(31)26-20(17-11-7-4-8-12-17)24(33)30-14-34-13-18(30)22(32)27-23-19(28-29-35-23)16-9-5-3-6-10-16/h3,5-6,9-10,15,17-18,20,25H,4,7-8,11-14H2,1-2H3,(H,26,31)(H,27,32)/t15-,18-,20-/m0/s1. The fourth-order valence-corrected chi connectivity index (χ4v) is 6.33. The third-order valence-electron chi connectivity index (χ3n) is 6.75. The van der Waals surface area contributed by atoms with Gasteiger partial charge in [-0.15, -0.1) is 16.9 Å². The number of rotatable bonds is 8. The van der Waals surface area contributed by atoms with Crippen LogP contribution < -0.4 is 16.0 Å². The highest BCUT2D eigenvalue weighted by Crippen LogP contribution is 2.32. The van der Waals surface area contributed by atoms with Gasteiger partial charge in [-0.2, -0.15) is 0 Å². The van der Waals surface area contributed by atoms with Crippen LogP contribution in [0.15, 0.2) is 30.3 Å². The fraction of sp³-hybridized carbons (Fsp3) is 0.542. The van der Waals surface area contributed by atoms with E-state index < -0.39 is 18.1 Å². The third-order valence-corrected chi connectivity index (χ3v) is 8.40. The Kier molecular flexibility index (Phi) is 8.74. The maximum Gasteiger partial charge on any atom is 0.248 e. The van der Waals surface area contributed by atoms with Crippen LogP contribution in [0, 0.1) is 5.92 Å². The van der Waals surface area contributed by atoms with Crippen LogP contribution in [0.25, 0.3) is 11.3 Å². The first-order chi connectivity index (χ1) is 17.0. The highest BCUT2D eigenvalue weighted by molar-refractivity contribution is 7.99. The van der Waals surface area contributed by atoms with Crippen molar-refractivity contribution in [1.29, 1.82) is 0 Å². The number of hydrogen-bond donors (Lipinski definition) is 3. The largest absolute Gasteiger partial charge is 0.343 e. The Morgan fingerprint density at radius 3 is 2.57 bits per heavy atom. The zero-order chi connectivity index (χ0) is 24.8. The molecule has 3 atom stereocenters. The molecule has 1 aliphatic heterocycles. The van der Waals surface area contributed by atoms with Crippen molar-refractivity contribution in [2.45, 2.75) is 57.2 Å². The topological polar surface area (TPSA) is 116 Å². The fourth-order valence-electron chi connectivity index (χ4n) is 4.57. The van der Waals surface area contributed by atoms with E-state index in [9.17, 15) is 14.4 Å². The van der Waals surface area contributed by atoms with E-state index in [1.165, 1.54) is 0 Å². The maximum absolute atomic E-state index is 13.8. The number of aromatic nitrogens is 2. The Labute approximate surface area is 214 Å². The smallest absolute Gasteiger partial charge is 0.248 e. The van der Waals surface area contributed by atoms with Gasteiger partial charge >= 0.3 is 0 Å². The summed E-state index contributed by atoms with van der Waals surface area (Å²) in [6.45, 7) is 1.77. The molecule has 2 heterocycles. The lowest BCUT2D eigenvalue weighted by Crippen LogP contribution is -2.58. The minimum atomic E-state index is -0.627. The van der Waals surface area contributed by atoms with Gasteiger partial charge < -0.3 is 20.9 Å². The average Bonchev–Trinajstić information content (AvgIpc) is 3.57. The zero-order valence-electron chi connectivity index (χ0n) is 20.0. The molecule has 1 aliphatic carbocycles. The van der Waals surface area contributed by atoms with Gasteiger partial charge in [0.05, 0.1) is 11.9 Å². The summed E-state index contributed by atoms with van der Waals surface area (Å²) >= 11 is 2.66. The molecule has 3 amide bonds. The number of benzene rings is 1. The lowest BCUT2D eigenvalue weighted by molar-refractivity contribution is -0.141. The molecule has 11 heteroatoms. The molecule has 1 saturated carbocycles. The van der Waals surface area contributed by atoms with E-state index >= 15 is 0 Å². The Hall–Kier alpha value is -2.50. The first-order valence-electron chi connectivity index (χ1n) is 12.0. The molecule has 0 unspecified atom stereocenters. The number of hydrogen-bond acceptors (Lipinski definition) is 8. The minimum absolute atomic E-state index is 0.0777. The molecule has 9 nitrogen and oxygen atoms in total. The molecule has 3 N–H and O–H groups in total. The van der Waals surface area contributed by atoms with Crippen LogP contribution in [-0.4, -0.2) is 69.0 Å². The third kappa shape index (κ3) is 6.02. The number of carbonyl (C=O) groups is 3. The van der Waals surface area contributed by atoms with Crippen molar-refractivity contribution < 1.29 is 14.4 Å². The van der Waals surface area contributed by atoms with Gasteiger partial charge in [0.1, 0.15) is 22.8 Å². The van der Waals surface area contributed by atoms with Gasteiger partial charge in [-0.25, -0.2) is 0 Å². The van der Waals surface area contributed by atoms with Gasteiger partial charge in [-0.05, 0) is 32.7 Å². The highest BCUT2D eigenvalue weighted by atomic mass is 32.2. The van der Waals surface area contributed by atoms with Crippen molar-refractivity contribution in [3.63, 3.8) is 0 Å². The second kappa shape index (κ2) is 12.0. The molecular weight excluding hydrogens is 484 g/mol. The predicted octanol–water partition coefficient (Wildman–Crippen LogP) is 2.72. The van der Waals surface area contributed by atoms with Crippen LogP contribution in [0.1, 0.15) is 39.0 Å². The van der Waals surface area contributed by atoms with Crippen molar-refractivity contribution in [2.75, 3.05) is 24.0 Å². The van der Waals surface area contributed by atoms with Gasteiger partial charge in [0, 0.05) is 22.8 Å². The van der Waals surface area contributed by atoms with E-state index in [-0.39, 0.29) is 23.6 Å². The molecule has 2 aliphatic rings. The summed E-state index contributed by atoms with van der Waals surface area (Å²) in [5, 5.41) is 13.6. The summed E-state index contributed by atoms with van der Waals surface area (Å²) in [4.78, 5) is 41.4. The molecule has 2 fully saturated rings. The first kappa shape index (κ1) is 25.6. The van der Waals surface area contributed by atoms with Crippen LogP contribution in [0.5, 0.6) is 0 Å². The van der Waals surface area contributed by atoms with Crippen LogP contribution in [-0.2, 0) is 14.4 Å². The van der Waals surface area contributed by atoms with Crippen molar-refractivity contribution in [3.8, 4) is 11.3 Å². The number of carbonyl (C=O) groups excluding carboxylic acids is 3. The van der Waals surface area contributed by atoms with Crippen molar-refractivity contribution >= 4 is 46.0 Å². The quantitative estimate of drug-likeness (QED) is 0.494. The Morgan fingerprint density at radius 2 is 1.86 bits per heavy atom. The summed E-state index contributed by atoms with van der Waals surface area (Å²) < 4.78 is 4.02. The molecule has 1 saturated heterocycles. The number of amides is 3. The van der Waals surface area contributed by atoms with Crippen LogP contribution in [0.3, 0.4) is 0 Å². The second-order valence-corrected chi connectivity index (χ2v) is 10.8. The van der Waals surface area contributed by atoms with E-state index in [0.717, 1.165) is 49.2 Å². The molecule has 0 bridgehead atoms. The summed E-state index contributed by atoms with van der Waals surface area (Å²) in [6.07, 6.45) is 5.04. The van der Waals surface area contributed by atoms with Gasteiger partial charge in [-0.3, -0.25) is 14.4 Å². The van der Waals surface area contributed by atoms with Gasteiger partial charge in [0.2, 0.25) is 17.7 Å². The number of thioether (sulfide) groups is 1. The molecular formula is C24H32N6O3S2. The maximum atomic E-state index is 13.8. The summed E-state index contributed by atoms with van der Waals surface area (Å²) in [5.74, 6) is 0.363. The summed E-state index contributed by atoms with van der Waals surface area (Å²) in [7, 11) is 1.72. The normalized spacial score (nSPS) is 20.3. The zero-order valence-corrected chi connectivity index (χ0v) is 21.7. The number of anilines is 1. The highest BCUT2D eigenvalue weighted by Gasteiger charge is 2.41. The molecule has 0 spiro atoms. The van der Waals surface area contributed by atoms with Crippen molar-refractivity contribution in [2.24, 2.45) is 5.92 Å². The van der Waals surface area contributed by atoms with E-state index in [4.69, 9.17) is 0 Å². The Bertz CT molecular complexity index is 1030. The monoisotopic (exact) mass is 516 g/mol. The SMILES string of the molecule is CN[C@@H](C)C(=O)N[C@H](C(=O)N1CSC[C@H]1C(=O)Nc1snnc1-c1ccccc1)C1CCCCC1. The number of nitrogens with one attached hydrogen (secondary N) is 3. The summed E-state index contributed by atoms with van der Waals surface area (Å²) in [5.41, 5.74) is 1.48. The molecule has 1 aromatic carbocycles. The molecule has 4 rings (SSSR count). The van der Waals surface area contributed by atoms with Crippen molar-refractivity contribution in [3.05, 3.63) is 30.3 Å². The molecule has 188 valence electrons. The van der Waals surface area contributed by atoms with E-state index in [1.807, 2.05) is 30.3 Å². The lowest BCUT2D eigenvalue weighted by atomic mass is 9.83. The van der Waals surface area contributed by atoms with Crippen LogP contribution >= 0.6 is 23.3 Å². The summed E-state index contributed by atoms with van der Waals surface area (Å²) in [6, 6.07) is 7.90. The Balaban J connectivity index is 1.50. The van der Waals surface area contributed by atoms with E-state index in [0.29, 0.717) is 22.3 Å². The van der Waals surface area contributed by atoms with Gasteiger partial charge in [0.15, 0.2) is 0 Å². The first-order valence-corrected chi connectivity index (χ1v) is 14.0. The van der Waals surface area contributed by atoms with E-state index in [2.05, 4.69) is 25.5 Å². The average molecular weight is 517 g/mol. The van der Waals surface area contributed by atoms with Gasteiger partial charge in [0.25, 0.3) is 0 Å². The van der Waals surface area contributed by atoms with Crippen LogP contribution in [0.4, 0.5) is 5.00 Å². The molecule has 1 aromatic heterocycles.